The molecule has 3 heteroatoms. The maximum Gasteiger partial charge on any atom is 0.124 e. The van der Waals surface area contributed by atoms with Crippen LogP contribution in [-0.2, 0) is 0 Å². The van der Waals surface area contributed by atoms with Crippen molar-refractivity contribution in [3.05, 3.63) is 29.8 Å². The molecule has 2 aliphatic rings. The Morgan fingerprint density at radius 2 is 2.05 bits per heavy atom. The van der Waals surface area contributed by atoms with Crippen LogP contribution < -0.4 is 10.1 Å². The zero-order chi connectivity index (χ0) is 13.1. The number of rotatable bonds is 2. The third kappa shape index (κ3) is 2.77. The van der Waals surface area contributed by atoms with Crippen molar-refractivity contribution in [2.45, 2.75) is 37.8 Å². The predicted octanol–water partition coefficient (Wildman–Crippen LogP) is 2.58. The molecule has 2 unspecified atom stereocenters. The summed E-state index contributed by atoms with van der Waals surface area (Å²) in [6, 6.07) is 9.74. The Labute approximate surface area is 115 Å². The standard InChI is InChI=1S/C16H24N2O/c1-18(13-5-4-10-17-11-8-13)15-9-12-19-16-7-3-2-6-14(15)16/h2-3,6-7,13,15,17H,4-5,8-12H2,1H3. The van der Waals surface area contributed by atoms with Gasteiger partial charge in [-0.1, -0.05) is 18.2 Å². The molecule has 3 rings (SSSR count). The predicted molar refractivity (Wildman–Crippen MR) is 77.6 cm³/mol. The van der Waals surface area contributed by atoms with Gasteiger partial charge in [-0.3, -0.25) is 4.90 Å². The number of nitrogens with one attached hydrogen (secondary N) is 1. The number of nitrogens with zero attached hydrogens (tertiary/aromatic N) is 1. The van der Waals surface area contributed by atoms with Crippen molar-refractivity contribution in [2.24, 2.45) is 0 Å². The molecule has 2 aliphatic heterocycles. The molecule has 0 aliphatic carbocycles. The van der Waals surface area contributed by atoms with E-state index in [1.165, 1.54) is 31.4 Å². The Balaban J connectivity index is 1.78. The lowest BCUT2D eigenvalue weighted by molar-refractivity contribution is 0.117. The summed E-state index contributed by atoms with van der Waals surface area (Å²) in [5, 5.41) is 3.50. The average molecular weight is 260 g/mol. The second-order valence-corrected chi connectivity index (χ2v) is 5.69. The second kappa shape index (κ2) is 5.93. The largest absolute Gasteiger partial charge is 0.493 e. The molecule has 1 aromatic carbocycles. The van der Waals surface area contributed by atoms with Crippen LogP contribution in [0.4, 0.5) is 0 Å². The van der Waals surface area contributed by atoms with Crippen LogP contribution in [0.1, 0.15) is 37.3 Å². The Hall–Kier alpha value is -1.06. The maximum atomic E-state index is 5.78. The lowest BCUT2D eigenvalue weighted by atomic mass is 9.96. The summed E-state index contributed by atoms with van der Waals surface area (Å²) in [5.74, 6) is 1.08. The number of hydrogen-bond donors (Lipinski definition) is 1. The fourth-order valence-electron chi connectivity index (χ4n) is 3.41. The third-order valence-corrected chi connectivity index (χ3v) is 4.54. The molecule has 1 N–H and O–H groups in total. The van der Waals surface area contributed by atoms with Gasteiger partial charge in [0, 0.05) is 24.1 Å². The van der Waals surface area contributed by atoms with Crippen molar-refractivity contribution >= 4 is 0 Å². The van der Waals surface area contributed by atoms with E-state index in [1.807, 2.05) is 0 Å². The highest BCUT2D eigenvalue weighted by molar-refractivity contribution is 5.37. The van der Waals surface area contributed by atoms with E-state index in [1.54, 1.807) is 0 Å². The molecule has 2 atom stereocenters. The molecule has 104 valence electrons. The fraction of sp³-hybridized carbons (Fsp3) is 0.625. The minimum atomic E-state index is 0.521. The molecule has 1 saturated heterocycles. The van der Waals surface area contributed by atoms with Crippen LogP contribution in [0.2, 0.25) is 0 Å². The second-order valence-electron chi connectivity index (χ2n) is 5.69. The minimum Gasteiger partial charge on any atom is -0.493 e. The topological polar surface area (TPSA) is 24.5 Å². The van der Waals surface area contributed by atoms with Crippen LogP contribution in [0.3, 0.4) is 0 Å². The van der Waals surface area contributed by atoms with Crippen LogP contribution >= 0.6 is 0 Å². The Morgan fingerprint density at radius 1 is 1.16 bits per heavy atom. The first-order valence-electron chi connectivity index (χ1n) is 7.50. The molecule has 0 amide bonds. The summed E-state index contributed by atoms with van der Waals surface area (Å²) >= 11 is 0. The number of benzene rings is 1. The van der Waals surface area contributed by atoms with Crippen LogP contribution in [0, 0.1) is 0 Å². The van der Waals surface area contributed by atoms with Crippen molar-refractivity contribution in [3.8, 4) is 5.75 Å². The van der Waals surface area contributed by atoms with E-state index in [4.69, 9.17) is 4.74 Å². The van der Waals surface area contributed by atoms with Crippen molar-refractivity contribution in [3.63, 3.8) is 0 Å². The summed E-state index contributed by atoms with van der Waals surface area (Å²) in [6.45, 7) is 3.17. The number of hydrogen-bond acceptors (Lipinski definition) is 3. The Kier molecular flexibility index (Phi) is 4.04. The zero-order valence-corrected chi connectivity index (χ0v) is 11.8. The fourth-order valence-corrected chi connectivity index (χ4v) is 3.41. The summed E-state index contributed by atoms with van der Waals surface area (Å²) in [5.41, 5.74) is 1.37. The van der Waals surface area contributed by atoms with Crippen molar-refractivity contribution < 1.29 is 4.74 Å². The highest BCUT2D eigenvalue weighted by atomic mass is 16.5. The molecule has 0 spiro atoms. The summed E-state index contributed by atoms with van der Waals surface area (Å²) in [6.07, 6.45) is 4.97. The van der Waals surface area contributed by atoms with Gasteiger partial charge in [0.15, 0.2) is 0 Å². The molecule has 0 saturated carbocycles. The highest BCUT2D eigenvalue weighted by Crippen LogP contribution is 2.36. The normalized spacial score (nSPS) is 27.5. The molecule has 0 aromatic heterocycles. The van der Waals surface area contributed by atoms with Crippen molar-refractivity contribution in [1.29, 1.82) is 0 Å². The Bertz CT molecular complexity index is 413. The van der Waals surface area contributed by atoms with E-state index in [-0.39, 0.29) is 0 Å². The summed E-state index contributed by atoms with van der Waals surface area (Å²) in [4.78, 5) is 2.59. The van der Waals surface area contributed by atoms with Gasteiger partial charge in [0.2, 0.25) is 0 Å². The quantitative estimate of drug-likeness (QED) is 0.884. The zero-order valence-electron chi connectivity index (χ0n) is 11.8. The first-order chi connectivity index (χ1) is 9.36. The molecule has 2 heterocycles. The SMILES string of the molecule is CN(C1CCCNCC1)C1CCOc2ccccc21. The van der Waals surface area contributed by atoms with Crippen LogP contribution in [-0.4, -0.2) is 37.7 Å². The first-order valence-corrected chi connectivity index (χ1v) is 7.50. The molecule has 0 radical (unpaired) electrons. The third-order valence-electron chi connectivity index (χ3n) is 4.54. The van der Waals surface area contributed by atoms with E-state index in [9.17, 15) is 0 Å². The number of ether oxygens (including phenoxy) is 1. The molecular weight excluding hydrogens is 236 g/mol. The van der Waals surface area contributed by atoms with Crippen LogP contribution in [0.25, 0.3) is 0 Å². The van der Waals surface area contributed by atoms with Gasteiger partial charge in [-0.25, -0.2) is 0 Å². The van der Waals surface area contributed by atoms with E-state index in [2.05, 4.69) is 41.5 Å². The van der Waals surface area contributed by atoms with E-state index in [0.29, 0.717) is 12.1 Å². The average Bonchev–Trinajstić information content (AvgIpc) is 2.75. The van der Waals surface area contributed by atoms with E-state index in [0.717, 1.165) is 25.3 Å². The van der Waals surface area contributed by atoms with E-state index < -0.39 is 0 Å². The molecule has 3 nitrogen and oxygen atoms in total. The van der Waals surface area contributed by atoms with Gasteiger partial charge < -0.3 is 10.1 Å². The lowest BCUT2D eigenvalue weighted by Crippen LogP contribution is -2.38. The highest BCUT2D eigenvalue weighted by Gasteiger charge is 2.29. The van der Waals surface area contributed by atoms with Crippen molar-refractivity contribution in [1.82, 2.24) is 10.2 Å². The van der Waals surface area contributed by atoms with E-state index >= 15 is 0 Å². The molecule has 1 fully saturated rings. The summed E-state index contributed by atoms with van der Waals surface area (Å²) < 4.78 is 5.78. The van der Waals surface area contributed by atoms with Gasteiger partial charge in [0.25, 0.3) is 0 Å². The van der Waals surface area contributed by atoms with Crippen LogP contribution in [0.15, 0.2) is 24.3 Å². The maximum absolute atomic E-state index is 5.78. The van der Waals surface area contributed by atoms with Gasteiger partial charge >= 0.3 is 0 Å². The van der Waals surface area contributed by atoms with Gasteiger partial charge in [-0.15, -0.1) is 0 Å². The lowest BCUT2D eigenvalue weighted by Gasteiger charge is -2.38. The first kappa shape index (κ1) is 12.9. The van der Waals surface area contributed by atoms with Gasteiger partial charge in [0.1, 0.15) is 5.75 Å². The monoisotopic (exact) mass is 260 g/mol. The summed E-state index contributed by atoms with van der Waals surface area (Å²) in [7, 11) is 2.29. The molecule has 0 bridgehead atoms. The number of fused-ring (bicyclic) bond motifs is 1. The van der Waals surface area contributed by atoms with Crippen molar-refractivity contribution in [2.75, 3.05) is 26.7 Å². The molecule has 19 heavy (non-hydrogen) atoms. The van der Waals surface area contributed by atoms with Gasteiger partial charge in [0.05, 0.1) is 6.61 Å². The number of para-hydroxylation sites is 1. The van der Waals surface area contributed by atoms with Gasteiger partial charge in [-0.2, -0.15) is 0 Å². The van der Waals surface area contributed by atoms with Gasteiger partial charge in [-0.05, 0) is 45.5 Å². The molecular formula is C16H24N2O. The minimum absolute atomic E-state index is 0.521. The Morgan fingerprint density at radius 3 is 3.00 bits per heavy atom. The smallest absolute Gasteiger partial charge is 0.124 e. The molecule has 1 aromatic rings. The van der Waals surface area contributed by atoms with Crippen LogP contribution in [0.5, 0.6) is 5.75 Å².